The molecule has 1 aliphatic heterocycles. The molecular weight excluding hydrogens is 385 g/mol. The van der Waals surface area contributed by atoms with Gasteiger partial charge in [-0.05, 0) is 38.1 Å². The number of nitrogens with one attached hydrogen (secondary N) is 1. The average molecular weight is 409 g/mol. The van der Waals surface area contributed by atoms with E-state index in [0.29, 0.717) is 22.7 Å². The quantitative estimate of drug-likeness (QED) is 0.682. The summed E-state index contributed by atoms with van der Waals surface area (Å²) in [6, 6.07) is 10.3. The Morgan fingerprint density at radius 2 is 1.93 bits per heavy atom. The first-order valence-corrected chi connectivity index (χ1v) is 9.82. The van der Waals surface area contributed by atoms with Crippen LogP contribution in [0.3, 0.4) is 0 Å². The van der Waals surface area contributed by atoms with E-state index in [-0.39, 0.29) is 18.0 Å². The van der Waals surface area contributed by atoms with Crippen molar-refractivity contribution in [2.75, 3.05) is 30.4 Å². The third-order valence-corrected chi connectivity index (χ3v) is 4.90. The van der Waals surface area contributed by atoms with Crippen LogP contribution >= 0.6 is 0 Å². The van der Waals surface area contributed by atoms with Crippen LogP contribution in [-0.4, -0.2) is 47.6 Å². The zero-order valence-corrected chi connectivity index (χ0v) is 17.2. The Bertz CT molecular complexity index is 1020. The lowest BCUT2D eigenvalue weighted by molar-refractivity contribution is -0.00545. The molecular formula is C22H24FN5O2. The second kappa shape index (κ2) is 8.62. The van der Waals surface area contributed by atoms with Gasteiger partial charge in [0.25, 0.3) is 0 Å². The van der Waals surface area contributed by atoms with Crippen LogP contribution in [0.1, 0.15) is 13.8 Å². The summed E-state index contributed by atoms with van der Waals surface area (Å²) in [7, 11) is 1.51. The second-order valence-electron chi connectivity index (χ2n) is 7.37. The van der Waals surface area contributed by atoms with Gasteiger partial charge in [-0.2, -0.15) is 5.10 Å². The highest BCUT2D eigenvalue weighted by Crippen LogP contribution is 2.28. The van der Waals surface area contributed by atoms with E-state index in [2.05, 4.69) is 39.2 Å². The first-order valence-electron chi connectivity index (χ1n) is 9.82. The van der Waals surface area contributed by atoms with Crippen molar-refractivity contribution in [3.8, 4) is 16.9 Å². The molecule has 2 atom stereocenters. The molecule has 3 aromatic rings. The first-order chi connectivity index (χ1) is 14.5. The fraction of sp³-hybridized carbons (Fsp3) is 0.318. The normalized spacial score (nSPS) is 18.9. The SMILES string of the molecule is COc1ccc(-c2cnnc(Nc3ccnc(N4C[C@@H](C)O[C@@H](C)C4)c3)c2)c(F)c1. The highest BCUT2D eigenvalue weighted by atomic mass is 19.1. The summed E-state index contributed by atoms with van der Waals surface area (Å²) in [6.45, 7) is 5.69. The van der Waals surface area contributed by atoms with Crippen LogP contribution in [0, 0.1) is 5.82 Å². The average Bonchev–Trinajstić information content (AvgIpc) is 2.73. The predicted octanol–water partition coefficient (Wildman–Crippen LogP) is 4.04. The lowest BCUT2D eigenvalue weighted by Gasteiger charge is -2.36. The first kappa shape index (κ1) is 20.0. The van der Waals surface area contributed by atoms with Crippen LogP contribution in [0.2, 0.25) is 0 Å². The minimum absolute atomic E-state index is 0.147. The van der Waals surface area contributed by atoms with E-state index in [0.717, 1.165) is 24.6 Å². The lowest BCUT2D eigenvalue weighted by Crippen LogP contribution is -2.45. The van der Waals surface area contributed by atoms with Crippen molar-refractivity contribution in [3.05, 3.63) is 54.6 Å². The molecule has 0 saturated carbocycles. The number of halogens is 1. The molecule has 8 heteroatoms. The Kier molecular flexibility index (Phi) is 5.76. The van der Waals surface area contributed by atoms with E-state index in [4.69, 9.17) is 9.47 Å². The highest BCUT2D eigenvalue weighted by molar-refractivity contribution is 5.69. The molecule has 1 saturated heterocycles. The Morgan fingerprint density at radius 3 is 2.67 bits per heavy atom. The Balaban J connectivity index is 1.55. The van der Waals surface area contributed by atoms with E-state index in [1.165, 1.54) is 19.4 Å². The van der Waals surface area contributed by atoms with Crippen LogP contribution in [-0.2, 0) is 4.74 Å². The molecule has 0 spiro atoms. The van der Waals surface area contributed by atoms with E-state index < -0.39 is 0 Å². The summed E-state index contributed by atoms with van der Waals surface area (Å²) >= 11 is 0. The number of benzene rings is 1. The van der Waals surface area contributed by atoms with E-state index in [9.17, 15) is 4.39 Å². The molecule has 0 aliphatic carbocycles. The van der Waals surface area contributed by atoms with Crippen LogP contribution in [0.5, 0.6) is 5.75 Å². The molecule has 1 fully saturated rings. The molecule has 2 aromatic heterocycles. The standard InChI is InChI=1S/C22H24FN5O2/c1-14-12-28(13-15(2)30-14)22-9-17(6-7-24-22)26-21-8-16(11-25-27-21)19-5-4-18(29-3)10-20(19)23/h4-11,14-15H,12-13H2,1-3H3,(H,24,26,27)/t14-,15+. The van der Waals surface area contributed by atoms with Crippen molar-refractivity contribution in [3.63, 3.8) is 0 Å². The lowest BCUT2D eigenvalue weighted by atomic mass is 10.1. The number of aromatic nitrogens is 3. The molecule has 0 radical (unpaired) electrons. The monoisotopic (exact) mass is 409 g/mol. The molecule has 1 N–H and O–H groups in total. The maximum absolute atomic E-state index is 14.4. The van der Waals surface area contributed by atoms with E-state index >= 15 is 0 Å². The summed E-state index contributed by atoms with van der Waals surface area (Å²) in [6.07, 6.45) is 3.58. The molecule has 1 aliphatic rings. The maximum atomic E-state index is 14.4. The summed E-state index contributed by atoms with van der Waals surface area (Å²) in [5, 5.41) is 11.4. The van der Waals surface area contributed by atoms with Gasteiger partial charge in [-0.15, -0.1) is 5.10 Å². The molecule has 7 nitrogen and oxygen atoms in total. The molecule has 1 aromatic carbocycles. The molecule has 0 amide bonds. The van der Waals surface area contributed by atoms with Gasteiger partial charge in [0.2, 0.25) is 0 Å². The zero-order valence-electron chi connectivity index (χ0n) is 17.2. The van der Waals surface area contributed by atoms with Gasteiger partial charge in [-0.1, -0.05) is 0 Å². The van der Waals surface area contributed by atoms with Gasteiger partial charge in [0, 0.05) is 48.2 Å². The summed E-state index contributed by atoms with van der Waals surface area (Å²) in [5.74, 6) is 1.47. The summed E-state index contributed by atoms with van der Waals surface area (Å²) in [4.78, 5) is 6.71. The molecule has 0 bridgehead atoms. The van der Waals surface area contributed by atoms with Crippen molar-refractivity contribution >= 4 is 17.3 Å². The summed E-state index contributed by atoms with van der Waals surface area (Å²) < 4.78 is 25.3. The minimum Gasteiger partial charge on any atom is -0.497 e. The van der Waals surface area contributed by atoms with Crippen molar-refractivity contribution < 1.29 is 13.9 Å². The third kappa shape index (κ3) is 4.49. The molecule has 156 valence electrons. The summed E-state index contributed by atoms with van der Waals surface area (Å²) in [5.41, 5.74) is 1.88. The van der Waals surface area contributed by atoms with Gasteiger partial charge in [0.15, 0.2) is 5.82 Å². The largest absolute Gasteiger partial charge is 0.497 e. The molecule has 30 heavy (non-hydrogen) atoms. The number of methoxy groups -OCH3 is 1. The van der Waals surface area contributed by atoms with Gasteiger partial charge in [0.1, 0.15) is 17.4 Å². The van der Waals surface area contributed by atoms with Crippen LogP contribution in [0.25, 0.3) is 11.1 Å². The third-order valence-electron chi connectivity index (χ3n) is 4.90. The fourth-order valence-electron chi connectivity index (χ4n) is 3.61. The molecule has 0 unspecified atom stereocenters. The smallest absolute Gasteiger partial charge is 0.153 e. The van der Waals surface area contributed by atoms with Crippen molar-refractivity contribution in [1.82, 2.24) is 15.2 Å². The zero-order chi connectivity index (χ0) is 21.1. The number of rotatable bonds is 5. The van der Waals surface area contributed by atoms with Gasteiger partial charge in [0.05, 0.1) is 25.5 Å². The number of nitrogens with zero attached hydrogens (tertiary/aromatic N) is 4. The van der Waals surface area contributed by atoms with Gasteiger partial charge in [-0.3, -0.25) is 0 Å². The van der Waals surface area contributed by atoms with Gasteiger partial charge in [-0.25, -0.2) is 9.37 Å². The minimum atomic E-state index is -0.380. The number of anilines is 3. The fourth-order valence-corrected chi connectivity index (χ4v) is 3.61. The highest BCUT2D eigenvalue weighted by Gasteiger charge is 2.23. The van der Waals surface area contributed by atoms with Gasteiger partial charge < -0.3 is 19.7 Å². The van der Waals surface area contributed by atoms with Crippen molar-refractivity contribution in [1.29, 1.82) is 0 Å². The second-order valence-corrected chi connectivity index (χ2v) is 7.37. The molecule has 4 rings (SSSR count). The topological polar surface area (TPSA) is 72.4 Å². The number of hydrogen-bond donors (Lipinski definition) is 1. The van der Waals surface area contributed by atoms with Crippen LogP contribution in [0.4, 0.5) is 21.7 Å². The maximum Gasteiger partial charge on any atom is 0.153 e. The van der Waals surface area contributed by atoms with Gasteiger partial charge >= 0.3 is 0 Å². The van der Waals surface area contributed by atoms with E-state index in [1.807, 2.05) is 12.1 Å². The van der Waals surface area contributed by atoms with Crippen LogP contribution < -0.4 is 15.0 Å². The Morgan fingerprint density at radius 1 is 1.13 bits per heavy atom. The van der Waals surface area contributed by atoms with Crippen molar-refractivity contribution in [2.45, 2.75) is 26.1 Å². The Hall–Kier alpha value is -3.26. The predicted molar refractivity (Wildman–Crippen MR) is 114 cm³/mol. The Labute approximate surface area is 174 Å². The molecule has 3 heterocycles. The number of pyridine rings is 1. The number of morpholine rings is 1. The van der Waals surface area contributed by atoms with Crippen molar-refractivity contribution in [2.24, 2.45) is 0 Å². The number of hydrogen-bond acceptors (Lipinski definition) is 7. The van der Waals surface area contributed by atoms with Crippen LogP contribution in [0.15, 0.2) is 48.8 Å². The number of ether oxygens (including phenoxy) is 2. The van der Waals surface area contributed by atoms with E-state index in [1.54, 1.807) is 24.4 Å².